The minimum absolute atomic E-state index is 0.00512. The summed E-state index contributed by atoms with van der Waals surface area (Å²) in [5.41, 5.74) is 9.53. The summed E-state index contributed by atoms with van der Waals surface area (Å²) in [5, 5.41) is 0. The molecule has 3 rings (SSSR count). The summed E-state index contributed by atoms with van der Waals surface area (Å²) in [4.78, 5) is 9.77. The Morgan fingerprint density at radius 1 is 1.12 bits per heavy atom. The summed E-state index contributed by atoms with van der Waals surface area (Å²) in [6.45, 7) is 1.29. The summed E-state index contributed by atoms with van der Waals surface area (Å²) < 4.78 is 53.6. The maximum Gasteiger partial charge on any atom is 0.419 e. The number of nitrogens with zero attached hydrogens (tertiary/aromatic N) is 3. The van der Waals surface area contributed by atoms with E-state index in [9.17, 15) is 17.6 Å². The monoisotopic (exact) mass is 357 g/mol. The number of anilines is 1. The zero-order valence-corrected chi connectivity index (χ0v) is 13.7. The first kappa shape index (κ1) is 17.5. The number of hydrogen-bond acceptors (Lipinski definition) is 5. The zero-order valence-electron chi connectivity index (χ0n) is 13.7. The highest BCUT2D eigenvalue weighted by Gasteiger charge is 2.44. The Morgan fingerprint density at radius 2 is 1.76 bits per heavy atom. The molecule has 2 aliphatic rings. The highest BCUT2D eigenvalue weighted by molar-refractivity contribution is 6.05. The number of benzene rings is 1. The third kappa shape index (κ3) is 3.03. The molecule has 1 aromatic rings. The molecule has 0 saturated heterocycles. The second-order valence-electron chi connectivity index (χ2n) is 6.44. The third-order valence-electron chi connectivity index (χ3n) is 4.65. The van der Waals surface area contributed by atoms with Gasteiger partial charge in [-0.3, -0.25) is 4.90 Å². The Balaban J connectivity index is 2.16. The topological polar surface area (TPSA) is 80.0 Å². The first-order chi connectivity index (χ1) is 11.6. The van der Waals surface area contributed by atoms with Gasteiger partial charge in [0.05, 0.1) is 5.56 Å². The molecule has 1 aliphatic heterocycles. The van der Waals surface area contributed by atoms with Gasteiger partial charge in [-0.05, 0) is 50.3 Å². The van der Waals surface area contributed by atoms with E-state index in [0.29, 0.717) is 12.8 Å². The molecule has 1 saturated carbocycles. The molecule has 1 spiro atoms. The lowest BCUT2D eigenvalue weighted by Crippen LogP contribution is -2.58. The number of rotatable bonds is 1. The van der Waals surface area contributed by atoms with Crippen molar-refractivity contribution in [2.24, 2.45) is 21.5 Å². The molecule has 0 aromatic heterocycles. The molecule has 5 nitrogen and oxygen atoms in total. The molecule has 0 amide bonds. The van der Waals surface area contributed by atoms with Crippen molar-refractivity contribution in [3.8, 4) is 0 Å². The van der Waals surface area contributed by atoms with Crippen LogP contribution < -0.4 is 16.4 Å². The Morgan fingerprint density at radius 3 is 2.36 bits per heavy atom. The van der Waals surface area contributed by atoms with Crippen molar-refractivity contribution in [1.82, 2.24) is 0 Å². The summed E-state index contributed by atoms with van der Waals surface area (Å²) >= 11 is 0. The summed E-state index contributed by atoms with van der Waals surface area (Å²) in [6.07, 6.45) is -0.962. The van der Waals surface area contributed by atoms with Crippen molar-refractivity contribution in [1.29, 1.82) is 0 Å². The van der Waals surface area contributed by atoms with Crippen LogP contribution in [-0.2, 0) is 6.18 Å². The van der Waals surface area contributed by atoms with Gasteiger partial charge in [-0.1, -0.05) is 6.42 Å². The minimum atomic E-state index is -4.81. The quantitative estimate of drug-likeness (QED) is 0.757. The lowest BCUT2D eigenvalue weighted by molar-refractivity contribution is -0.140. The van der Waals surface area contributed by atoms with E-state index in [1.54, 1.807) is 0 Å². The van der Waals surface area contributed by atoms with E-state index >= 15 is 0 Å². The molecule has 4 N–H and O–H groups in total. The molecule has 0 atom stereocenters. The zero-order chi connectivity index (χ0) is 18.4. The van der Waals surface area contributed by atoms with Crippen LogP contribution in [-0.4, -0.2) is 17.6 Å². The number of alkyl halides is 3. The van der Waals surface area contributed by atoms with Gasteiger partial charge in [-0.2, -0.15) is 18.2 Å². The molecule has 136 valence electrons. The van der Waals surface area contributed by atoms with Crippen LogP contribution in [0.3, 0.4) is 0 Å². The van der Waals surface area contributed by atoms with Gasteiger partial charge < -0.3 is 11.5 Å². The normalized spacial score (nSPS) is 20.4. The Hall–Kier alpha value is -2.32. The van der Waals surface area contributed by atoms with Crippen molar-refractivity contribution >= 4 is 17.6 Å². The lowest BCUT2D eigenvalue weighted by atomic mass is 9.87. The van der Waals surface area contributed by atoms with Crippen molar-refractivity contribution < 1.29 is 17.6 Å². The lowest BCUT2D eigenvalue weighted by Gasteiger charge is -2.45. The molecular formula is C16H19F4N5. The van der Waals surface area contributed by atoms with E-state index < -0.39 is 23.2 Å². The van der Waals surface area contributed by atoms with Crippen LogP contribution in [0, 0.1) is 12.7 Å². The number of guanidine groups is 2. The van der Waals surface area contributed by atoms with E-state index in [1.165, 1.54) is 17.9 Å². The number of hydrogen-bond donors (Lipinski definition) is 2. The minimum Gasteiger partial charge on any atom is -0.369 e. The summed E-state index contributed by atoms with van der Waals surface area (Å²) in [7, 11) is 0. The van der Waals surface area contributed by atoms with Crippen LogP contribution in [0.5, 0.6) is 0 Å². The average Bonchev–Trinajstić information content (AvgIpc) is 2.49. The third-order valence-corrected chi connectivity index (χ3v) is 4.65. The van der Waals surface area contributed by atoms with Crippen LogP contribution in [0.15, 0.2) is 22.1 Å². The van der Waals surface area contributed by atoms with Gasteiger partial charge in [0.25, 0.3) is 0 Å². The molecule has 25 heavy (non-hydrogen) atoms. The van der Waals surface area contributed by atoms with Crippen LogP contribution in [0.25, 0.3) is 0 Å². The molecule has 1 fully saturated rings. The van der Waals surface area contributed by atoms with E-state index in [0.717, 1.165) is 25.3 Å². The Bertz CT molecular complexity index is 748. The molecule has 9 heteroatoms. The number of halogens is 4. The smallest absolute Gasteiger partial charge is 0.369 e. The first-order valence-electron chi connectivity index (χ1n) is 8.01. The maximum atomic E-state index is 14.0. The molecular weight excluding hydrogens is 338 g/mol. The number of aliphatic imine (C=N–C) groups is 2. The van der Waals surface area contributed by atoms with Crippen LogP contribution in [0.2, 0.25) is 0 Å². The van der Waals surface area contributed by atoms with Gasteiger partial charge in [-0.25, -0.2) is 9.38 Å². The first-order valence-corrected chi connectivity index (χ1v) is 8.01. The van der Waals surface area contributed by atoms with Crippen LogP contribution >= 0.6 is 0 Å². The highest BCUT2D eigenvalue weighted by atomic mass is 19.4. The number of nitrogens with two attached hydrogens (primary N) is 2. The Kier molecular flexibility index (Phi) is 4.12. The summed E-state index contributed by atoms with van der Waals surface area (Å²) in [5.74, 6) is -1.32. The number of aryl methyl sites for hydroxylation is 1. The Labute approximate surface area is 142 Å². The van der Waals surface area contributed by atoms with Gasteiger partial charge in [-0.15, -0.1) is 0 Å². The van der Waals surface area contributed by atoms with Crippen molar-refractivity contribution in [2.45, 2.75) is 50.9 Å². The van der Waals surface area contributed by atoms with Crippen molar-refractivity contribution in [2.75, 3.05) is 4.90 Å². The summed E-state index contributed by atoms with van der Waals surface area (Å²) in [6, 6.07) is 2.10. The van der Waals surface area contributed by atoms with Crippen LogP contribution in [0.4, 0.5) is 23.2 Å². The fourth-order valence-electron chi connectivity index (χ4n) is 3.58. The predicted molar refractivity (Wildman–Crippen MR) is 87.7 cm³/mol. The van der Waals surface area contributed by atoms with Gasteiger partial charge in [0, 0.05) is 5.69 Å². The van der Waals surface area contributed by atoms with E-state index in [2.05, 4.69) is 9.98 Å². The second-order valence-corrected chi connectivity index (χ2v) is 6.44. The van der Waals surface area contributed by atoms with Gasteiger partial charge >= 0.3 is 6.18 Å². The molecule has 0 bridgehead atoms. The highest BCUT2D eigenvalue weighted by Crippen LogP contribution is 2.42. The van der Waals surface area contributed by atoms with Crippen molar-refractivity contribution in [3.63, 3.8) is 0 Å². The molecule has 0 radical (unpaired) electrons. The predicted octanol–water partition coefficient (Wildman–Crippen LogP) is 3.26. The molecule has 1 heterocycles. The largest absolute Gasteiger partial charge is 0.419 e. The van der Waals surface area contributed by atoms with E-state index in [1.807, 2.05) is 0 Å². The van der Waals surface area contributed by atoms with E-state index in [4.69, 9.17) is 11.5 Å². The van der Waals surface area contributed by atoms with E-state index in [-0.39, 0.29) is 23.2 Å². The van der Waals surface area contributed by atoms with Gasteiger partial charge in [0.15, 0.2) is 0 Å². The maximum absolute atomic E-state index is 14.0. The van der Waals surface area contributed by atoms with Gasteiger partial charge in [0.2, 0.25) is 11.9 Å². The standard InChI is InChI=1S/C16H19F4N5/c1-9-7-10(8-11(12(9)17)16(18,19)20)25-14(22)23-13(21)24-15(25)5-3-2-4-6-15/h7-8H,2-6H2,1H3,(H4,21,22,23,24). The second kappa shape index (κ2) is 5.89. The fraction of sp³-hybridized carbons (Fsp3) is 0.500. The SMILES string of the molecule is Cc1cc(N2C(N)=NC(N)=NC23CCCCC3)cc(C(F)(F)F)c1F. The molecule has 1 aromatic carbocycles. The average molecular weight is 357 g/mol. The fourth-order valence-corrected chi connectivity index (χ4v) is 3.58. The van der Waals surface area contributed by atoms with Gasteiger partial charge in [0.1, 0.15) is 11.5 Å². The van der Waals surface area contributed by atoms with Crippen molar-refractivity contribution in [3.05, 3.63) is 29.1 Å². The molecule has 0 unspecified atom stereocenters. The molecule has 1 aliphatic carbocycles. The van der Waals surface area contributed by atoms with Crippen LogP contribution in [0.1, 0.15) is 43.2 Å².